The molecule has 366 valence electrons. The minimum atomic E-state index is -1.69. The molecule has 5 atom stereocenters. The van der Waals surface area contributed by atoms with Gasteiger partial charge >= 0.3 is 23.9 Å². The SMILES string of the molecule is CNC(=O)[C@H](CC(=O)O)NC(=O)[C@H](CC(=O)O)CC(=O)[C@H](CCCN=C(N)N)NC(=O)[C@H](CC(=O)O)CC(=O)CC[C@H](NC(=O)c1ccc(NCc2cnc3nc(N)[nH]c(=O)c3n2)cc1)C(=O)O. The number of rotatable bonds is 29. The summed E-state index contributed by atoms with van der Waals surface area (Å²) in [4.78, 5) is 156. The third kappa shape index (κ3) is 17.8. The molecule has 0 saturated heterocycles. The maximum absolute atomic E-state index is 13.7. The predicted molar refractivity (Wildman–Crippen MR) is 235 cm³/mol. The van der Waals surface area contributed by atoms with Gasteiger partial charge in [0.25, 0.3) is 11.5 Å². The smallest absolute Gasteiger partial charge is 0.326 e. The van der Waals surface area contributed by atoms with Gasteiger partial charge in [0, 0.05) is 44.1 Å². The summed E-state index contributed by atoms with van der Waals surface area (Å²) in [5.41, 5.74) is 16.6. The number of likely N-dealkylation sites (N-methyl/N-ethyl adjacent to an activating group) is 1. The van der Waals surface area contributed by atoms with Gasteiger partial charge in [0.1, 0.15) is 17.9 Å². The van der Waals surface area contributed by atoms with Gasteiger partial charge in [-0.2, -0.15) is 4.98 Å². The van der Waals surface area contributed by atoms with Crippen LogP contribution in [0.1, 0.15) is 73.8 Å². The van der Waals surface area contributed by atoms with Crippen molar-refractivity contribution in [2.75, 3.05) is 24.6 Å². The number of H-pyrrole nitrogens is 1. The molecule has 68 heavy (non-hydrogen) atoms. The lowest BCUT2D eigenvalue weighted by molar-refractivity contribution is -0.144. The summed E-state index contributed by atoms with van der Waals surface area (Å²) >= 11 is 0. The molecule has 0 bridgehead atoms. The number of Topliss-reactive ketones (excluding diaryl/α,β-unsaturated/α-hetero) is 2. The number of nitrogens with one attached hydrogen (secondary N) is 6. The number of guanidine groups is 1. The predicted octanol–water partition coefficient (Wildman–Crippen LogP) is -2.79. The van der Waals surface area contributed by atoms with Crippen LogP contribution in [0.4, 0.5) is 11.6 Å². The number of anilines is 2. The van der Waals surface area contributed by atoms with E-state index in [-0.39, 0.29) is 54.6 Å². The lowest BCUT2D eigenvalue weighted by Gasteiger charge is -2.24. The van der Waals surface area contributed by atoms with E-state index < -0.39 is 140 Å². The zero-order valence-corrected chi connectivity index (χ0v) is 36.4. The molecule has 0 saturated carbocycles. The molecule has 0 spiro atoms. The van der Waals surface area contributed by atoms with E-state index in [1.807, 2.05) is 0 Å². The Morgan fingerprint density at radius 2 is 1.34 bits per heavy atom. The van der Waals surface area contributed by atoms with Crippen LogP contribution in [0.15, 0.2) is 40.2 Å². The van der Waals surface area contributed by atoms with Gasteiger partial charge in [-0.1, -0.05) is 0 Å². The van der Waals surface area contributed by atoms with Crippen LogP contribution in [-0.4, -0.2) is 137 Å². The molecule has 0 aliphatic rings. The normalized spacial score (nSPS) is 13.0. The Bertz CT molecular complexity index is 2480. The zero-order chi connectivity index (χ0) is 50.7. The molecular formula is C40H51N13O15. The molecule has 1 aromatic carbocycles. The average Bonchev–Trinajstić information content (AvgIpc) is 3.26. The van der Waals surface area contributed by atoms with Crippen LogP contribution in [0.3, 0.4) is 0 Å². The number of benzene rings is 1. The van der Waals surface area contributed by atoms with Crippen molar-refractivity contribution in [3.63, 3.8) is 0 Å². The van der Waals surface area contributed by atoms with E-state index in [9.17, 15) is 73.2 Å². The number of amides is 4. The second kappa shape index (κ2) is 25.8. The van der Waals surface area contributed by atoms with Crippen LogP contribution in [0, 0.1) is 11.8 Å². The number of nitrogens with two attached hydrogens (primary N) is 3. The molecule has 0 aliphatic carbocycles. The molecule has 3 aromatic rings. The Labute approximate surface area is 384 Å². The van der Waals surface area contributed by atoms with Gasteiger partial charge in [-0.05, 0) is 43.5 Å². The highest BCUT2D eigenvalue weighted by Gasteiger charge is 2.34. The third-order valence-corrected chi connectivity index (χ3v) is 9.84. The van der Waals surface area contributed by atoms with Crippen molar-refractivity contribution < 1.29 is 68.4 Å². The largest absolute Gasteiger partial charge is 0.481 e. The summed E-state index contributed by atoms with van der Waals surface area (Å²) in [5.74, 6) is -15.6. The molecule has 2 heterocycles. The number of nitrogens with zero attached hydrogens (tertiary/aromatic N) is 4. The van der Waals surface area contributed by atoms with Gasteiger partial charge in [-0.3, -0.25) is 57.9 Å². The van der Waals surface area contributed by atoms with Gasteiger partial charge in [0.15, 0.2) is 22.9 Å². The van der Waals surface area contributed by atoms with E-state index in [0.29, 0.717) is 11.4 Å². The lowest BCUT2D eigenvalue weighted by atomic mass is 9.91. The summed E-state index contributed by atoms with van der Waals surface area (Å²) in [7, 11) is 1.16. The maximum Gasteiger partial charge on any atom is 0.326 e. The number of carboxylic acids is 4. The number of carbonyl (C=O) groups excluding carboxylic acids is 6. The Hall–Kier alpha value is -8.59. The summed E-state index contributed by atoms with van der Waals surface area (Å²) in [6.45, 7) is 0.0342. The number of carbonyl (C=O) groups is 10. The number of fused-ring (bicyclic) bond motifs is 1. The first-order valence-corrected chi connectivity index (χ1v) is 20.5. The van der Waals surface area contributed by atoms with Crippen LogP contribution in [0.25, 0.3) is 11.2 Å². The number of carboxylic acid groups (broad SMARTS) is 4. The van der Waals surface area contributed by atoms with Crippen molar-refractivity contribution in [1.82, 2.24) is 41.2 Å². The van der Waals surface area contributed by atoms with E-state index in [0.717, 1.165) is 7.05 Å². The number of aromatic amines is 1. The second-order valence-electron chi connectivity index (χ2n) is 15.1. The molecule has 0 unspecified atom stereocenters. The van der Waals surface area contributed by atoms with Crippen LogP contribution in [0.5, 0.6) is 0 Å². The number of aromatic nitrogens is 4. The molecule has 0 fully saturated rings. The average molecular weight is 954 g/mol. The van der Waals surface area contributed by atoms with E-state index in [4.69, 9.17) is 17.2 Å². The van der Waals surface area contributed by atoms with Gasteiger partial charge in [-0.25, -0.2) is 14.8 Å². The molecule has 28 nitrogen and oxygen atoms in total. The molecule has 28 heteroatoms. The summed E-state index contributed by atoms with van der Waals surface area (Å²) in [6, 6.07) is 0.972. The fourth-order valence-corrected chi connectivity index (χ4v) is 6.45. The highest BCUT2D eigenvalue weighted by Crippen LogP contribution is 2.19. The first kappa shape index (κ1) is 53.7. The Kier molecular flexibility index (Phi) is 20.4. The van der Waals surface area contributed by atoms with E-state index >= 15 is 0 Å². The van der Waals surface area contributed by atoms with Gasteiger partial charge < -0.3 is 64.2 Å². The summed E-state index contributed by atoms with van der Waals surface area (Å²) in [6.07, 6.45) is -4.31. The number of aliphatic imine (C=N–C) groups is 1. The highest BCUT2D eigenvalue weighted by atomic mass is 16.4. The Morgan fingerprint density at radius 3 is 1.91 bits per heavy atom. The standard InChI is InChI=1S/C40H51N13O15/c1-44-36(65)26(15-30(60)61)51-35(64)20(14-29(58)59)12-27(55)24(3-2-10-45-39(41)42)49-34(63)19(13-28(56)57)11-23(54)8-9-25(38(67)68)50-33(62)18-4-6-21(7-5-18)46-16-22-17-47-32-31(48-22)37(66)53-40(43)52-32/h4-7,17,19-20,24-26,46H,2-3,8-16H2,1H3,(H,44,65)(H,49,63)(H,50,62)(H,51,64)(H,56,57)(H,58,59)(H,60,61)(H,67,68)(H4,41,42,45)(H3,43,47,52,53,66)/t19-,20-,24-,25-,26-/m0/s1. The van der Waals surface area contributed by atoms with Crippen molar-refractivity contribution in [2.24, 2.45) is 28.3 Å². The van der Waals surface area contributed by atoms with Crippen molar-refractivity contribution in [3.05, 3.63) is 52.1 Å². The highest BCUT2D eigenvalue weighted by molar-refractivity contribution is 5.98. The van der Waals surface area contributed by atoms with Crippen LogP contribution >= 0.6 is 0 Å². The van der Waals surface area contributed by atoms with Crippen molar-refractivity contribution in [3.8, 4) is 0 Å². The fraction of sp³-hybridized carbons (Fsp3) is 0.425. The van der Waals surface area contributed by atoms with Crippen molar-refractivity contribution in [2.45, 2.75) is 82.5 Å². The molecule has 0 aliphatic heterocycles. The second-order valence-corrected chi connectivity index (χ2v) is 15.1. The van der Waals surface area contributed by atoms with Gasteiger partial charge in [0.05, 0.1) is 55.6 Å². The van der Waals surface area contributed by atoms with Gasteiger partial charge in [0.2, 0.25) is 23.7 Å². The topological polar surface area (TPSA) is 474 Å². The summed E-state index contributed by atoms with van der Waals surface area (Å²) < 4.78 is 0. The van der Waals surface area contributed by atoms with E-state index in [1.165, 1.54) is 30.5 Å². The zero-order valence-electron chi connectivity index (χ0n) is 36.4. The lowest BCUT2D eigenvalue weighted by Crippen LogP contribution is -2.50. The minimum Gasteiger partial charge on any atom is -0.481 e. The number of aliphatic carboxylic acids is 4. The van der Waals surface area contributed by atoms with Crippen LogP contribution < -0.4 is 49.3 Å². The molecule has 4 amide bonds. The fourth-order valence-electron chi connectivity index (χ4n) is 6.45. The van der Waals surface area contributed by atoms with Crippen molar-refractivity contribution in [1.29, 1.82) is 0 Å². The minimum absolute atomic E-state index is 0.00843. The molecule has 0 radical (unpaired) electrons. The van der Waals surface area contributed by atoms with E-state index in [1.54, 1.807) is 0 Å². The maximum atomic E-state index is 13.7. The van der Waals surface area contributed by atoms with Crippen LogP contribution in [0.2, 0.25) is 0 Å². The van der Waals surface area contributed by atoms with Crippen LogP contribution in [-0.2, 0) is 49.7 Å². The molecule has 16 N–H and O–H groups in total. The number of ketones is 2. The number of hydrogen-bond donors (Lipinski definition) is 13. The van der Waals surface area contributed by atoms with E-state index in [2.05, 4.69) is 51.5 Å². The monoisotopic (exact) mass is 953 g/mol. The first-order chi connectivity index (χ1) is 32.1. The summed E-state index contributed by atoms with van der Waals surface area (Å²) in [5, 5.41) is 50.1. The number of hydrogen-bond acceptors (Lipinski definition) is 17. The van der Waals surface area contributed by atoms with Crippen molar-refractivity contribution >= 4 is 87.8 Å². The van der Waals surface area contributed by atoms with Gasteiger partial charge in [-0.15, -0.1) is 0 Å². The number of nitrogen functional groups attached to an aromatic ring is 1. The Balaban J connectivity index is 1.68. The molecular weight excluding hydrogens is 903 g/mol. The first-order valence-electron chi connectivity index (χ1n) is 20.5. The molecule has 2 aromatic heterocycles. The quantitative estimate of drug-likeness (QED) is 0.0190. The molecule has 3 rings (SSSR count). The third-order valence-electron chi connectivity index (χ3n) is 9.84. The Morgan fingerprint density at radius 1 is 0.735 bits per heavy atom.